The van der Waals surface area contributed by atoms with Crippen molar-refractivity contribution in [2.75, 3.05) is 0 Å². The molecule has 0 amide bonds. The normalized spacial score (nSPS) is 13.2. The summed E-state index contributed by atoms with van der Waals surface area (Å²) in [5.74, 6) is -0.924. The molecule has 0 aliphatic rings. The van der Waals surface area contributed by atoms with Crippen LogP contribution in [0.5, 0.6) is 5.75 Å². The Bertz CT molecular complexity index is 2380. The minimum atomic E-state index is -5.72. The molecule has 0 spiro atoms. The Morgan fingerprint density at radius 2 is 0.849 bits per heavy atom. The average Bonchev–Trinajstić information content (AvgIpc) is 3.05. The molecule has 6 aromatic carbocycles. The maximum Gasteiger partial charge on any atom is 0.524 e. The topological polar surface area (TPSA) is 66.8 Å². The Labute approximate surface area is 290 Å². The fraction of sp³-hybridized carbons (Fsp3) is 0.111. The second kappa shape index (κ2) is 12.8. The smallest absolute Gasteiger partial charge is 0.403 e. The summed E-state index contributed by atoms with van der Waals surface area (Å²) in [6.07, 6.45) is -21.1. The third-order valence-electron chi connectivity index (χ3n) is 8.16. The fourth-order valence-electron chi connectivity index (χ4n) is 5.94. The molecule has 0 fully saturated rings. The van der Waals surface area contributed by atoms with E-state index in [2.05, 4.69) is 0 Å². The van der Waals surface area contributed by atoms with Crippen molar-refractivity contribution in [3.63, 3.8) is 0 Å². The lowest BCUT2D eigenvalue weighted by molar-refractivity contribution is -0.144. The van der Waals surface area contributed by atoms with E-state index in [1.807, 2.05) is 0 Å². The molecule has 2 N–H and O–H groups in total. The van der Waals surface area contributed by atoms with Crippen LogP contribution in [0.25, 0.3) is 54.9 Å². The number of phosphoric ester groups is 1. The van der Waals surface area contributed by atoms with Crippen LogP contribution >= 0.6 is 7.82 Å². The van der Waals surface area contributed by atoms with Gasteiger partial charge in [-0.15, -0.1) is 0 Å². The van der Waals surface area contributed by atoms with Crippen molar-refractivity contribution in [2.45, 2.75) is 24.7 Å². The first kappa shape index (κ1) is 37.7. The number of fused-ring (bicyclic) bond motifs is 2. The van der Waals surface area contributed by atoms with Gasteiger partial charge in [-0.2, -0.15) is 52.7 Å². The molecule has 0 saturated heterocycles. The number of benzene rings is 6. The van der Waals surface area contributed by atoms with Gasteiger partial charge < -0.3 is 4.52 Å². The Morgan fingerprint density at radius 3 is 1.30 bits per heavy atom. The molecule has 0 aromatic heterocycles. The standard InChI is InChI=1S/C36H19F12O4P/c37-33(38,39)23-10-21(11-24(16-23)34(40,41)42)20-9-18-5-1-3-7-27(18)30(15-20)31-28-8-4-2-6-19(28)14-29(32(31)52-53(49,50)51)22-12-25(35(43,44)45)17-26(13-22)36(46,47)48/h1-17H,(H2,49,50,51). The van der Waals surface area contributed by atoms with Gasteiger partial charge in [-0.1, -0.05) is 48.5 Å². The van der Waals surface area contributed by atoms with Crippen molar-refractivity contribution in [3.05, 3.63) is 125 Å². The highest BCUT2D eigenvalue weighted by atomic mass is 31.2. The molecular weight excluding hydrogens is 755 g/mol. The Morgan fingerprint density at radius 1 is 0.453 bits per heavy atom. The van der Waals surface area contributed by atoms with Crippen LogP contribution in [0.2, 0.25) is 0 Å². The first-order chi connectivity index (χ1) is 24.4. The second-order valence-electron chi connectivity index (χ2n) is 11.8. The highest BCUT2D eigenvalue weighted by molar-refractivity contribution is 7.46. The summed E-state index contributed by atoms with van der Waals surface area (Å²) in [6.45, 7) is 0. The van der Waals surface area contributed by atoms with E-state index >= 15 is 0 Å². The van der Waals surface area contributed by atoms with E-state index in [1.54, 1.807) is 0 Å². The molecule has 4 nitrogen and oxygen atoms in total. The quantitative estimate of drug-likeness (QED) is 0.135. The van der Waals surface area contributed by atoms with Gasteiger partial charge in [0.1, 0.15) is 5.75 Å². The fourth-order valence-corrected chi connectivity index (χ4v) is 6.37. The first-order valence-corrected chi connectivity index (χ1v) is 16.4. The summed E-state index contributed by atoms with van der Waals surface area (Å²) in [7, 11) is -5.72. The second-order valence-corrected chi connectivity index (χ2v) is 12.9. The molecule has 0 radical (unpaired) electrons. The van der Waals surface area contributed by atoms with E-state index in [-0.39, 0.29) is 50.4 Å². The summed E-state index contributed by atoms with van der Waals surface area (Å²) in [5, 5.41) is 0.470. The van der Waals surface area contributed by atoms with Gasteiger partial charge in [0, 0.05) is 11.1 Å². The SMILES string of the molecule is O=P(O)(O)Oc1c(-c2cc(C(F)(F)F)cc(C(F)(F)F)c2)cc2ccccc2c1-c1cc(-c2cc(C(F)(F)F)cc(C(F)(F)F)c2)cc2ccccc12. The van der Waals surface area contributed by atoms with Crippen molar-refractivity contribution in [1.82, 2.24) is 0 Å². The highest BCUT2D eigenvalue weighted by Crippen LogP contribution is 2.53. The van der Waals surface area contributed by atoms with E-state index in [0.717, 1.165) is 12.1 Å². The van der Waals surface area contributed by atoms with Gasteiger partial charge in [-0.05, 0) is 98.4 Å². The Kier molecular flexibility index (Phi) is 9.12. The number of rotatable bonds is 5. The van der Waals surface area contributed by atoms with Gasteiger partial charge in [-0.3, -0.25) is 9.79 Å². The third kappa shape index (κ3) is 7.85. The molecule has 0 atom stereocenters. The maximum absolute atomic E-state index is 13.9. The lowest BCUT2D eigenvalue weighted by atomic mass is 9.86. The summed E-state index contributed by atoms with van der Waals surface area (Å²) in [6, 6.07) is 16.0. The van der Waals surface area contributed by atoms with Crippen LogP contribution in [-0.4, -0.2) is 9.79 Å². The molecule has 6 aromatic rings. The first-order valence-electron chi connectivity index (χ1n) is 14.8. The zero-order chi connectivity index (χ0) is 38.9. The minimum Gasteiger partial charge on any atom is -0.403 e. The molecular formula is C36H19F12O4P. The van der Waals surface area contributed by atoms with Crippen LogP contribution in [0.15, 0.2) is 103 Å². The summed E-state index contributed by atoms with van der Waals surface area (Å²) in [5.41, 5.74) is -9.72. The van der Waals surface area contributed by atoms with Gasteiger partial charge in [0.2, 0.25) is 0 Å². The number of hydrogen-bond acceptors (Lipinski definition) is 2. The monoisotopic (exact) mass is 774 g/mol. The molecule has 0 aliphatic heterocycles. The molecule has 6 rings (SSSR count). The zero-order valence-electron chi connectivity index (χ0n) is 26.0. The predicted molar refractivity (Wildman–Crippen MR) is 170 cm³/mol. The van der Waals surface area contributed by atoms with Crippen LogP contribution in [-0.2, 0) is 29.3 Å². The third-order valence-corrected chi connectivity index (χ3v) is 8.58. The molecule has 0 heterocycles. The highest BCUT2D eigenvalue weighted by Gasteiger charge is 2.39. The molecule has 17 heteroatoms. The predicted octanol–water partition coefficient (Wildman–Crippen LogP) is 12.5. The molecule has 276 valence electrons. The largest absolute Gasteiger partial charge is 0.524 e. The van der Waals surface area contributed by atoms with Gasteiger partial charge in [0.05, 0.1) is 22.3 Å². The van der Waals surface area contributed by atoms with Crippen molar-refractivity contribution in [2.24, 2.45) is 0 Å². The van der Waals surface area contributed by atoms with Crippen LogP contribution < -0.4 is 4.52 Å². The molecule has 0 aliphatic carbocycles. The van der Waals surface area contributed by atoms with E-state index in [0.29, 0.717) is 24.3 Å². The van der Waals surface area contributed by atoms with Crippen molar-refractivity contribution >= 4 is 29.4 Å². The minimum absolute atomic E-state index is 0.0463. The van der Waals surface area contributed by atoms with Gasteiger partial charge in [0.25, 0.3) is 0 Å². The van der Waals surface area contributed by atoms with Gasteiger partial charge >= 0.3 is 32.5 Å². The lowest BCUT2D eigenvalue weighted by Crippen LogP contribution is -2.11. The molecule has 0 saturated carbocycles. The molecule has 0 bridgehead atoms. The number of hydrogen-bond donors (Lipinski definition) is 2. The summed E-state index contributed by atoms with van der Waals surface area (Å²) < 4.78 is 184. The van der Waals surface area contributed by atoms with E-state index in [9.17, 15) is 67.0 Å². The maximum atomic E-state index is 13.9. The molecule has 0 unspecified atom stereocenters. The Hall–Kier alpha value is -5.05. The zero-order valence-corrected chi connectivity index (χ0v) is 26.9. The van der Waals surface area contributed by atoms with Crippen LogP contribution in [0.3, 0.4) is 0 Å². The van der Waals surface area contributed by atoms with E-state index in [4.69, 9.17) is 4.52 Å². The number of halogens is 12. The van der Waals surface area contributed by atoms with E-state index < -0.39 is 77.2 Å². The Balaban J connectivity index is 1.79. The van der Waals surface area contributed by atoms with Crippen LogP contribution in [0, 0.1) is 0 Å². The summed E-state index contributed by atoms with van der Waals surface area (Å²) >= 11 is 0. The van der Waals surface area contributed by atoms with Crippen LogP contribution in [0.4, 0.5) is 52.7 Å². The average molecular weight is 774 g/mol. The van der Waals surface area contributed by atoms with E-state index in [1.165, 1.54) is 54.6 Å². The van der Waals surface area contributed by atoms with Crippen molar-refractivity contribution < 1.29 is 71.6 Å². The van der Waals surface area contributed by atoms with Crippen molar-refractivity contribution in [3.8, 4) is 39.1 Å². The van der Waals surface area contributed by atoms with Gasteiger partial charge in [0.15, 0.2) is 0 Å². The summed E-state index contributed by atoms with van der Waals surface area (Å²) in [4.78, 5) is 20.1. The number of alkyl halides is 12. The van der Waals surface area contributed by atoms with Crippen LogP contribution in [0.1, 0.15) is 22.3 Å². The lowest BCUT2D eigenvalue weighted by Gasteiger charge is -2.22. The molecule has 53 heavy (non-hydrogen) atoms. The van der Waals surface area contributed by atoms with Gasteiger partial charge in [-0.25, -0.2) is 4.57 Å². The number of phosphoric acid groups is 1. The van der Waals surface area contributed by atoms with Crippen molar-refractivity contribution in [1.29, 1.82) is 0 Å².